The monoisotopic (exact) mass is 289 g/mol. The van der Waals surface area contributed by atoms with E-state index in [9.17, 15) is 4.79 Å². The van der Waals surface area contributed by atoms with Gasteiger partial charge in [-0.25, -0.2) is 0 Å². The van der Waals surface area contributed by atoms with Gasteiger partial charge in [0.15, 0.2) is 0 Å². The lowest BCUT2D eigenvalue weighted by Gasteiger charge is -2.38. The summed E-state index contributed by atoms with van der Waals surface area (Å²) in [5.41, 5.74) is 0.926. The molecule has 0 radical (unpaired) electrons. The maximum Gasteiger partial charge on any atom is 0.323 e. The molecule has 114 valence electrons. The number of carbonyl (C=O) groups excluding carboxylic acids is 1. The normalized spacial score (nSPS) is 28.8. The summed E-state index contributed by atoms with van der Waals surface area (Å²) in [6, 6.07) is 9.96. The van der Waals surface area contributed by atoms with Crippen LogP contribution in [0.1, 0.15) is 32.3 Å². The third-order valence-corrected chi connectivity index (χ3v) is 4.56. The second-order valence-corrected chi connectivity index (χ2v) is 6.36. The molecule has 0 aromatic heterocycles. The second kappa shape index (κ2) is 5.78. The quantitative estimate of drug-likeness (QED) is 0.798. The minimum atomic E-state index is -0.172. The fourth-order valence-electron chi connectivity index (χ4n) is 3.24. The van der Waals surface area contributed by atoms with E-state index in [0.717, 1.165) is 31.6 Å². The maximum atomic E-state index is 12.4. The number of esters is 1. The average Bonchev–Trinajstić information content (AvgIpc) is 2.87. The van der Waals surface area contributed by atoms with Crippen LogP contribution in [0, 0.1) is 0 Å². The van der Waals surface area contributed by atoms with E-state index in [1.165, 1.54) is 0 Å². The Hall–Kier alpha value is -1.39. The Morgan fingerprint density at radius 2 is 2.14 bits per heavy atom. The summed E-state index contributed by atoms with van der Waals surface area (Å²) in [5.74, 6) is -0.125. The van der Waals surface area contributed by atoms with Gasteiger partial charge in [0.05, 0.1) is 12.2 Å². The van der Waals surface area contributed by atoms with Crippen molar-refractivity contribution in [1.82, 2.24) is 4.90 Å². The zero-order valence-electron chi connectivity index (χ0n) is 12.7. The van der Waals surface area contributed by atoms with Gasteiger partial charge >= 0.3 is 5.97 Å². The lowest BCUT2D eigenvalue weighted by molar-refractivity contribution is -0.152. The minimum absolute atomic E-state index is 0.0965. The Morgan fingerprint density at radius 3 is 2.71 bits per heavy atom. The fraction of sp³-hybridized carbons (Fsp3) is 0.588. The van der Waals surface area contributed by atoms with Crippen molar-refractivity contribution in [3.63, 3.8) is 0 Å². The van der Waals surface area contributed by atoms with Crippen LogP contribution in [0.5, 0.6) is 0 Å². The van der Waals surface area contributed by atoms with Gasteiger partial charge in [-0.3, -0.25) is 9.69 Å². The number of hydrogen-bond acceptors (Lipinski definition) is 4. The van der Waals surface area contributed by atoms with E-state index in [2.05, 4.69) is 18.7 Å². The van der Waals surface area contributed by atoms with E-state index in [4.69, 9.17) is 9.47 Å². The van der Waals surface area contributed by atoms with Crippen LogP contribution in [-0.2, 0) is 20.9 Å². The third-order valence-electron chi connectivity index (χ3n) is 4.56. The summed E-state index contributed by atoms with van der Waals surface area (Å²) in [4.78, 5) is 14.7. The summed E-state index contributed by atoms with van der Waals surface area (Å²) in [6.45, 7) is 6.24. The van der Waals surface area contributed by atoms with Crippen LogP contribution < -0.4 is 0 Å². The van der Waals surface area contributed by atoms with Crippen LogP contribution in [0.3, 0.4) is 0 Å². The first-order valence-corrected chi connectivity index (χ1v) is 7.70. The summed E-state index contributed by atoms with van der Waals surface area (Å²) < 4.78 is 11.3. The SMILES string of the molecule is CC(C)N1CC2(CCO2)CC1C(=O)OCc1ccccc1. The standard InChI is InChI=1S/C17H23NO3/c1-13(2)18-12-17(8-9-21-17)10-15(18)16(19)20-11-14-6-4-3-5-7-14/h3-7,13,15H,8-12H2,1-2H3. The van der Waals surface area contributed by atoms with Gasteiger partial charge in [-0.1, -0.05) is 30.3 Å². The van der Waals surface area contributed by atoms with E-state index in [1.54, 1.807) is 0 Å². The van der Waals surface area contributed by atoms with Gasteiger partial charge in [-0.2, -0.15) is 0 Å². The Morgan fingerprint density at radius 1 is 1.43 bits per heavy atom. The zero-order valence-corrected chi connectivity index (χ0v) is 12.7. The van der Waals surface area contributed by atoms with E-state index < -0.39 is 0 Å². The number of benzene rings is 1. The number of nitrogens with zero attached hydrogens (tertiary/aromatic N) is 1. The van der Waals surface area contributed by atoms with Crippen LogP contribution in [0.25, 0.3) is 0 Å². The summed E-state index contributed by atoms with van der Waals surface area (Å²) in [5, 5.41) is 0. The molecule has 2 atom stereocenters. The van der Waals surface area contributed by atoms with Gasteiger partial charge < -0.3 is 9.47 Å². The highest BCUT2D eigenvalue weighted by molar-refractivity contribution is 5.76. The van der Waals surface area contributed by atoms with Crippen LogP contribution in [0.4, 0.5) is 0 Å². The Kier molecular flexibility index (Phi) is 4.00. The molecule has 4 nitrogen and oxygen atoms in total. The summed E-state index contributed by atoms with van der Waals surface area (Å²) in [6.07, 6.45) is 1.82. The van der Waals surface area contributed by atoms with Gasteiger partial charge in [0.2, 0.25) is 0 Å². The number of hydrogen-bond donors (Lipinski definition) is 0. The van der Waals surface area contributed by atoms with Crippen molar-refractivity contribution in [3.05, 3.63) is 35.9 Å². The Labute approximate surface area is 126 Å². The van der Waals surface area contributed by atoms with Crippen molar-refractivity contribution in [2.24, 2.45) is 0 Å². The van der Waals surface area contributed by atoms with Crippen molar-refractivity contribution in [1.29, 1.82) is 0 Å². The highest BCUT2D eigenvalue weighted by Crippen LogP contribution is 2.40. The van der Waals surface area contributed by atoms with E-state index in [1.807, 2.05) is 30.3 Å². The van der Waals surface area contributed by atoms with Crippen LogP contribution in [0.15, 0.2) is 30.3 Å². The smallest absolute Gasteiger partial charge is 0.323 e. The molecule has 2 fully saturated rings. The molecule has 0 bridgehead atoms. The predicted octanol–water partition coefficient (Wildman–Crippen LogP) is 2.37. The molecular weight excluding hydrogens is 266 g/mol. The molecular formula is C17H23NO3. The van der Waals surface area contributed by atoms with Crippen molar-refractivity contribution < 1.29 is 14.3 Å². The second-order valence-electron chi connectivity index (χ2n) is 6.36. The van der Waals surface area contributed by atoms with E-state index >= 15 is 0 Å². The van der Waals surface area contributed by atoms with Gasteiger partial charge in [0.25, 0.3) is 0 Å². The lowest BCUT2D eigenvalue weighted by Crippen LogP contribution is -2.46. The maximum absolute atomic E-state index is 12.4. The molecule has 0 aliphatic carbocycles. The van der Waals surface area contributed by atoms with Gasteiger partial charge in [0, 0.05) is 25.4 Å². The fourth-order valence-corrected chi connectivity index (χ4v) is 3.24. The van der Waals surface area contributed by atoms with Crippen molar-refractivity contribution in [2.45, 2.75) is 51.0 Å². The molecule has 2 saturated heterocycles. The van der Waals surface area contributed by atoms with Crippen molar-refractivity contribution in [2.75, 3.05) is 13.2 Å². The number of ether oxygens (including phenoxy) is 2. The van der Waals surface area contributed by atoms with Gasteiger partial charge in [-0.05, 0) is 19.4 Å². The molecule has 3 rings (SSSR count). The highest BCUT2D eigenvalue weighted by Gasteiger charge is 2.52. The highest BCUT2D eigenvalue weighted by atomic mass is 16.5. The van der Waals surface area contributed by atoms with Gasteiger partial charge in [-0.15, -0.1) is 0 Å². The molecule has 0 N–H and O–H groups in total. The third kappa shape index (κ3) is 2.97. The molecule has 2 unspecified atom stereocenters. The van der Waals surface area contributed by atoms with Crippen molar-refractivity contribution >= 4 is 5.97 Å². The van der Waals surface area contributed by atoms with Crippen LogP contribution in [0.2, 0.25) is 0 Å². The molecule has 2 aliphatic rings. The van der Waals surface area contributed by atoms with Gasteiger partial charge in [0.1, 0.15) is 12.6 Å². The van der Waals surface area contributed by atoms with E-state index in [-0.39, 0.29) is 17.6 Å². The van der Waals surface area contributed by atoms with E-state index in [0.29, 0.717) is 12.6 Å². The molecule has 21 heavy (non-hydrogen) atoms. The Balaban J connectivity index is 1.62. The first-order valence-electron chi connectivity index (χ1n) is 7.70. The minimum Gasteiger partial charge on any atom is -0.460 e. The molecule has 1 aromatic rings. The van der Waals surface area contributed by atoms with Crippen molar-refractivity contribution in [3.8, 4) is 0 Å². The molecule has 1 spiro atoms. The molecule has 4 heteroatoms. The lowest BCUT2D eigenvalue weighted by atomic mass is 9.92. The Bertz CT molecular complexity index is 496. The molecule has 2 aliphatic heterocycles. The molecule has 2 heterocycles. The topological polar surface area (TPSA) is 38.8 Å². The largest absolute Gasteiger partial charge is 0.460 e. The number of rotatable bonds is 4. The summed E-state index contributed by atoms with van der Waals surface area (Å²) >= 11 is 0. The first-order chi connectivity index (χ1) is 10.1. The molecule has 1 aromatic carbocycles. The summed E-state index contributed by atoms with van der Waals surface area (Å²) in [7, 11) is 0. The number of likely N-dealkylation sites (tertiary alicyclic amines) is 1. The molecule has 0 amide bonds. The zero-order chi connectivity index (χ0) is 14.9. The van der Waals surface area contributed by atoms with Crippen LogP contribution >= 0.6 is 0 Å². The number of carbonyl (C=O) groups is 1. The van der Waals surface area contributed by atoms with Crippen LogP contribution in [-0.4, -0.2) is 41.7 Å². The average molecular weight is 289 g/mol. The predicted molar refractivity (Wildman–Crippen MR) is 79.8 cm³/mol. The molecule has 0 saturated carbocycles. The first kappa shape index (κ1) is 14.5.